The highest BCUT2D eigenvalue weighted by atomic mass is 19.1. The number of pyridine rings is 1. The first-order valence-corrected chi connectivity index (χ1v) is 7.52. The number of Topliss-reactive ketones (excluding diaryl/α,β-unsaturated/α-hetero) is 1. The number of carbonyl (C=O) groups excluding carboxylic acids is 1. The number of halogens is 1. The number of hydrogen-bond donors (Lipinski definition) is 0. The first-order chi connectivity index (χ1) is 11.2. The molecule has 3 rings (SSSR count). The van der Waals surface area contributed by atoms with Gasteiger partial charge in [0, 0.05) is 12.1 Å². The van der Waals surface area contributed by atoms with Crippen molar-refractivity contribution in [3.63, 3.8) is 0 Å². The van der Waals surface area contributed by atoms with Crippen LogP contribution in [0.1, 0.15) is 21.5 Å². The number of hydrogen-bond acceptors (Lipinski definition) is 1. The van der Waals surface area contributed by atoms with E-state index >= 15 is 0 Å². The molecule has 0 radical (unpaired) electrons. The monoisotopic (exact) mass is 306 g/mol. The quantitative estimate of drug-likeness (QED) is 0.521. The van der Waals surface area contributed by atoms with Crippen LogP contribution < -0.4 is 4.57 Å². The second-order valence-corrected chi connectivity index (χ2v) is 5.44. The summed E-state index contributed by atoms with van der Waals surface area (Å²) in [6.45, 7) is 0.131. The fraction of sp³-hybridized carbons (Fsp3) is 0.100. The summed E-state index contributed by atoms with van der Waals surface area (Å²) in [6.07, 6.45) is 4.57. The smallest absolute Gasteiger partial charge is 0.230 e. The number of nitrogens with zero attached hydrogens (tertiary/aromatic N) is 1. The molecule has 1 aromatic heterocycles. The summed E-state index contributed by atoms with van der Waals surface area (Å²) in [5.41, 5.74) is 2.55. The van der Waals surface area contributed by atoms with E-state index in [9.17, 15) is 9.18 Å². The number of rotatable bonds is 5. The molecule has 0 saturated carbocycles. The lowest BCUT2D eigenvalue weighted by atomic mass is 10.1. The zero-order valence-corrected chi connectivity index (χ0v) is 12.7. The van der Waals surface area contributed by atoms with Gasteiger partial charge >= 0.3 is 0 Å². The number of benzene rings is 2. The topological polar surface area (TPSA) is 20.9 Å². The number of aromatic nitrogens is 1. The molecule has 1 heterocycles. The van der Waals surface area contributed by atoms with Crippen molar-refractivity contribution in [2.75, 3.05) is 0 Å². The molecule has 0 aliphatic heterocycles. The molecule has 0 atom stereocenters. The van der Waals surface area contributed by atoms with Crippen LogP contribution >= 0.6 is 0 Å². The van der Waals surface area contributed by atoms with Crippen LogP contribution in [0.5, 0.6) is 0 Å². The molecule has 0 spiro atoms. The molecule has 0 aliphatic carbocycles. The van der Waals surface area contributed by atoms with Crippen LogP contribution in [0.2, 0.25) is 0 Å². The first-order valence-electron chi connectivity index (χ1n) is 7.52. The fourth-order valence-electron chi connectivity index (χ4n) is 2.48. The minimum Gasteiger partial charge on any atom is -0.287 e. The molecule has 0 amide bonds. The Hall–Kier alpha value is -2.81. The molecule has 0 unspecified atom stereocenters. The zero-order chi connectivity index (χ0) is 16.1. The standard InChI is InChI=1S/C20H17FNO/c21-19-9-5-4-8-18(19)20(23)15-22-12-10-17(11-13-22)14-16-6-2-1-3-7-16/h1-13H,14-15H2/q+1. The van der Waals surface area contributed by atoms with Gasteiger partial charge in [-0.3, -0.25) is 4.79 Å². The Labute approximate surface area is 134 Å². The van der Waals surface area contributed by atoms with Crippen molar-refractivity contribution in [2.45, 2.75) is 13.0 Å². The summed E-state index contributed by atoms with van der Waals surface area (Å²) >= 11 is 0. The third-order valence-corrected chi connectivity index (χ3v) is 3.71. The summed E-state index contributed by atoms with van der Waals surface area (Å²) in [5.74, 6) is -0.706. The molecule has 0 bridgehead atoms. The van der Waals surface area contributed by atoms with Gasteiger partial charge in [-0.1, -0.05) is 42.5 Å². The summed E-state index contributed by atoms with van der Waals surface area (Å²) < 4.78 is 15.4. The van der Waals surface area contributed by atoms with Gasteiger partial charge in [-0.05, 0) is 29.7 Å². The van der Waals surface area contributed by atoms with Crippen molar-refractivity contribution in [1.82, 2.24) is 0 Å². The highest BCUT2D eigenvalue weighted by Crippen LogP contribution is 2.09. The maximum absolute atomic E-state index is 13.6. The molecule has 3 aromatic rings. The Bertz CT molecular complexity index is 797. The third-order valence-electron chi connectivity index (χ3n) is 3.71. The molecule has 0 fully saturated rings. The molecule has 3 heteroatoms. The molecule has 0 saturated heterocycles. The second-order valence-electron chi connectivity index (χ2n) is 5.44. The van der Waals surface area contributed by atoms with Crippen molar-refractivity contribution in [3.05, 3.63) is 102 Å². The first kappa shape index (κ1) is 15.1. The predicted molar refractivity (Wildman–Crippen MR) is 86.6 cm³/mol. The van der Waals surface area contributed by atoms with Crippen molar-refractivity contribution in [1.29, 1.82) is 0 Å². The lowest BCUT2D eigenvalue weighted by Crippen LogP contribution is -2.37. The average molecular weight is 306 g/mol. The summed E-state index contributed by atoms with van der Waals surface area (Å²) in [6, 6.07) is 20.3. The maximum atomic E-state index is 13.6. The lowest BCUT2D eigenvalue weighted by molar-refractivity contribution is -0.683. The SMILES string of the molecule is O=C(C[n+]1ccc(Cc2ccccc2)cc1)c1ccccc1F. The van der Waals surface area contributed by atoms with Gasteiger partial charge < -0.3 is 0 Å². The van der Waals surface area contributed by atoms with Gasteiger partial charge in [0.2, 0.25) is 12.3 Å². The summed E-state index contributed by atoms with van der Waals surface area (Å²) in [4.78, 5) is 12.2. The zero-order valence-electron chi connectivity index (χ0n) is 12.7. The predicted octanol–water partition coefficient (Wildman–Crippen LogP) is 3.59. The van der Waals surface area contributed by atoms with Crippen LogP contribution in [0, 0.1) is 5.82 Å². The van der Waals surface area contributed by atoms with Gasteiger partial charge in [-0.25, -0.2) is 4.39 Å². The van der Waals surface area contributed by atoms with E-state index in [-0.39, 0.29) is 17.9 Å². The molecule has 23 heavy (non-hydrogen) atoms. The van der Waals surface area contributed by atoms with Crippen LogP contribution in [0.3, 0.4) is 0 Å². The van der Waals surface area contributed by atoms with Gasteiger partial charge in [-0.15, -0.1) is 0 Å². The van der Waals surface area contributed by atoms with E-state index in [1.54, 1.807) is 16.7 Å². The molecule has 114 valence electrons. The molecule has 0 N–H and O–H groups in total. The Morgan fingerprint density at radius 2 is 1.43 bits per heavy atom. The van der Waals surface area contributed by atoms with E-state index in [0.717, 1.165) is 6.42 Å². The third kappa shape index (κ3) is 3.89. The fourth-order valence-corrected chi connectivity index (χ4v) is 2.48. The number of carbonyl (C=O) groups is 1. The van der Waals surface area contributed by atoms with Crippen LogP contribution in [0.15, 0.2) is 79.1 Å². The Balaban J connectivity index is 1.68. The van der Waals surface area contributed by atoms with E-state index in [2.05, 4.69) is 12.1 Å². The van der Waals surface area contributed by atoms with Gasteiger partial charge in [0.05, 0.1) is 5.56 Å². The van der Waals surface area contributed by atoms with Crippen LogP contribution in [-0.4, -0.2) is 5.78 Å². The minimum atomic E-state index is -0.473. The van der Waals surface area contributed by atoms with E-state index in [0.29, 0.717) is 0 Å². The highest BCUT2D eigenvalue weighted by molar-refractivity contribution is 5.95. The number of ketones is 1. The van der Waals surface area contributed by atoms with Crippen molar-refractivity contribution in [3.8, 4) is 0 Å². The van der Waals surface area contributed by atoms with Crippen LogP contribution in [0.25, 0.3) is 0 Å². The average Bonchev–Trinajstić information content (AvgIpc) is 2.58. The molecule has 2 nitrogen and oxygen atoms in total. The maximum Gasteiger partial charge on any atom is 0.230 e. The van der Waals surface area contributed by atoms with Crippen LogP contribution in [0.4, 0.5) is 4.39 Å². The van der Waals surface area contributed by atoms with E-state index in [4.69, 9.17) is 0 Å². The van der Waals surface area contributed by atoms with E-state index in [1.165, 1.54) is 23.3 Å². The summed E-state index contributed by atoms with van der Waals surface area (Å²) in [7, 11) is 0. The molecule has 0 aliphatic rings. The van der Waals surface area contributed by atoms with Gasteiger partial charge in [-0.2, -0.15) is 4.57 Å². The molecular weight excluding hydrogens is 289 g/mol. The van der Waals surface area contributed by atoms with Crippen molar-refractivity contribution in [2.24, 2.45) is 0 Å². The van der Waals surface area contributed by atoms with Crippen molar-refractivity contribution < 1.29 is 13.8 Å². The van der Waals surface area contributed by atoms with Gasteiger partial charge in [0.15, 0.2) is 12.4 Å². The Morgan fingerprint density at radius 1 is 0.826 bits per heavy atom. The molecule has 2 aromatic carbocycles. The van der Waals surface area contributed by atoms with Gasteiger partial charge in [0.25, 0.3) is 0 Å². The van der Waals surface area contributed by atoms with Gasteiger partial charge in [0.1, 0.15) is 5.82 Å². The van der Waals surface area contributed by atoms with Crippen molar-refractivity contribution >= 4 is 5.78 Å². The minimum absolute atomic E-state index is 0.131. The lowest BCUT2D eigenvalue weighted by Gasteiger charge is -2.02. The normalized spacial score (nSPS) is 10.5. The molecular formula is C20H17FNO+. The highest BCUT2D eigenvalue weighted by Gasteiger charge is 2.15. The Kier molecular flexibility index (Phi) is 4.57. The summed E-state index contributed by atoms with van der Waals surface area (Å²) in [5, 5.41) is 0. The van der Waals surface area contributed by atoms with E-state index in [1.807, 2.05) is 42.7 Å². The second kappa shape index (κ2) is 6.97. The largest absolute Gasteiger partial charge is 0.287 e. The van der Waals surface area contributed by atoms with Crippen LogP contribution in [-0.2, 0) is 13.0 Å². The Morgan fingerprint density at radius 3 is 2.13 bits per heavy atom. The van der Waals surface area contributed by atoms with E-state index < -0.39 is 5.82 Å².